The average molecular weight is 312 g/mol. The van der Waals surface area contributed by atoms with Gasteiger partial charge in [-0.2, -0.15) is 0 Å². The first-order chi connectivity index (χ1) is 11.2. The normalized spacial score (nSPS) is 10.7. The van der Waals surface area contributed by atoms with Crippen molar-refractivity contribution < 1.29 is 14.4 Å². The summed E-state index contributed by atoms with van der Waals surface area (Å²) in [6.07, 6.45) is 4.24. The molecule has 1 aromatic carbocycles. The van der Waals surface area contributed by atoms with Crippen LogP contribution in [-0.4, -0.2) is 32.3 Å². The summed E-state index contributed by atoms with van der Waals surface area (Å²) >= 11 is 0. The molecule has 23 heavy (non-hydrogen) atoms. The number of aryl methyl sites for hydroxylation is 1. The number of benzene rings is 1. The number of rotatable bonds is 6. The van der Waals surface area contributed by atoms with Gasteiger partial charge in [-0.25, -0.2) is 9.78 Å². The fourth-order valence-electron chi connectivity index (χ4n) is 2.33. The van der Waals surface area contributed by atoms with E-state index in [4.69, 9.17) is 4.52 Å². The summed E-state index contributed by atoms with van der Waals surface area (Å²) in [6, 6.07) is 9.05. The Morgan fingerprint density at radius 2 is 2.13 bits per heavy atom. The first kappa shape index (κ1) is 14.8. The van der Waals surface area contributed by atoms with Crippen molar-refractivity contribution in [2.24, 2.45) is 7.05 Å². The van der Waals surface area contributed by atoms with E-state index in [2.05, 4.69) is 15.5 Å². The summed E-state index contributed by atoms with van der Waals surface area (Å²) < 4.78 is 7.16. The second-order valence-corrected chi connectivity index (χ2v) is 5.04. The molecule has 0 fully saturated rings. The summed E-state index contributed by atoms with van der Waals surface area (Å²) in [4.78, 5) is 15.8. The molecule has 2 aromatic heterocycles. The molecular formula is C16H16N4O3. The number of nitrogens with zero attached hydrogens (tertiary/aromatic N) is 3. The first-order valence-corrected chi connectivity index (χ1v) is 7.15. The van der Waals surface area contributed by atoms with E-state index in [0.717, 1.165) is 5.82 Å². The average Bonchev–Trinajstić information content (AvgIpc) is 3.15. The summed E-state index contributed by atoms with van der Waals surface area (Å²) in [5.41, 5.74) is 0.714. The topological polar surface area (TPSA) is 93.2 Å². The Hall–Kier alpha value is -3.09. The minimum Gasteiger partial charge on any atom is -0.477 e. The highest BCUT2D eigenvalue weighted by molar-refractivity contribution is 5.99. The Labute approximate surface area is 132 Å². The third-order valence-corrected chi connectivity index (χ3v) is 3.50. The third-order valence-electron chi connectivity index (χ3n) is 3.50. The zero-order valence-electron chi connectivity index (χ0n) is 12.6. The van der Waals surface area contributed by atoms with E-state index in [1.165, 1.54) is 0 Å². The van der Waals surface area contributed by atoms with Gasteiger partial charge in [0.15, 0.2) is 17.1 Å². The molecule has 0 atom stereocenters. The van der Waals surface area contributed by atoms with Gasteiger partial charge in [0.25, 0.3) is 0 Å². The first-order valence-electron chi connectivity index (χ1n) is 7.15. The van der Waals surface area contributed by atoms with Crippen LogP contribution in [0.2, 0.25) is 0 Å². The van der Waals surface area contributed by atoms with E-state index in [1.54, 1.807) is 18.3 Å². The number of carboxylic acid groups (broad SMARTS) is 1. The lowest BCUT2D eigenvalue weighted by Crippen LogP contribution is -2.11. The molecule has 0 aliphatic heterocycles. The second-order valence-electron chi connectivity index (χ2n) is 5.04. The molecule has 7 heteroatoms. The standard InChI is InChI=1S/C16H16N4O3/c1-20-10-9-17-12(20)7-8-18-15-13(16(21)22)14(23-19-15)11-5-3-2-4-6-11/h2-6,9-10H,7-8H2,1H3,(H,18,19)(H,21,22). The summed E-state index contributed by atoms with van der Waals surface area (Å²) in [6.45, 7) is 0.506. The van der Waals surface area contributed by atoms with E-state index in [0.29, 0.717) is 18.5 Å². The van der Waals surface area contributed by atoms with Crippen molar-refractivity contribution in [3.05, 3.63) is 54.1 Å². The highest BCUT2D eigenvalue weighted by Gasteiger charge is 2.23. The van der Waals surface area contributed by atoms with Crippen LogP contribution in [0.15, 0.2) is 47.2 Å². The lowest BCUT2D eigenvalue weighted by atomic mass is 10.1. The van der Waals surface area contributed by atoms with Crippen molar-refractivity contribution in [1.82, 2.24) is 14.7 Å². The largest absolute Gasteiger partial charge is 0.477 e. The zero-order valence-corrected chi connectivity index (χ0v) is 12.6. The van der Waals surface area contributed by atoms with E-state index in [1.807, 2.05) is 36.0 Å². The van der Waals surface area contributed by atoms with Crippen LogP contribution in [0, 0.1) is 0 Å². The highest BCUT2D eigenvalue weighted by atomic mass is 16.5. The van der Waals surface area contributed by atoms with Gasteiger partial charge in [0.2, 0.25) is 0 Å². The van der Waals surface area contributed by atoms with E-state index in [-0.39, 0.29) is 17.1 Å². The number of carbonyl (C=O) groups is 1. The number of hydrogen-bond acceptors (Lipinski definition) is 5. The SMILES string of the molecule is Cn1ccnc1CCNc1noc(-c2ccccc2)c1C(=O)O. The Morgan fingerprint density at radius 3 is 2.78 bits per heavy atom. The van der Waals surface area contributed by atoms with Crippen molar-refractivity contribution in [3.8, 4) is 11.3 Å². The molecule has 0 saturated carbocycles. The number of imidazole rings is 1. The van der Waals surface area contributed by atoms with Crippen LogP contribution in [-0.2, 0) is 13.5 Å². The van der Waals surface area contributed by atoms with Crippen LogP contribution in [0.1, 0.15) is 16.2 Å². The molecular weight excluding hydrogens is 296 g/mol. The van der Waals surface area contributed by atoms with Gasteiger partial charge in [-0.05, 0) is 0 Å². The molecule has 7 nitrogen and oxygen atoms in total. The molecule has 0 unspecified atom stereocenters. The van der Waals surface area contributed by atoms with Gasteiger partial charge in [-0.3, -0.25) is 0 Å². The lowest BCUT2D eigenvalue weighted by molar-refractivity contribution is 0.0698. The van der Waals surface area contributed by atoms with Crippen LogP contribution in [0.25, 0.3) is 11.3 Å². The predicted molar refractivity (Wildman–Crippen MR) is 84.3 cm³/mol. The number of carboxylic acids is 1. The molecule has 3 aromatic rings. The molecule has 0 aliphatic carbocycles. The van der Waals surface area contributed by atoms with Crippen LogP contribution in [0.5, 0.6) is 0 Å². The number of nitrogens with one attached hydrogen (secondary N) is 1. The Bertz CT molecular complexity index is 808. The van der Waals surface area contributed by atoms with Gasteiger partial charge in [0.05, 0.1) is 0 Å². The van der Waals surface area contributed by atoms with Crippen LogP contribution < -0.4 is 5.32 Å². The van der Waals surface area contributed by atoms with Gasteiger partial charge >= 0.3 is 5.97 Å². The molecule has 0 aliphatic rings. The van der Waals surface area contributed by atoms with Gasteiger partial charge in [-0.15, -0.1) is 0 Å². The molecule has 3 rings (SSSR count). The monoisotopic (exact) mass is 312 g/mol. The molecule has 0 radical (unpaired) electrons. The highest BCUT2D eigenvalue weighted by Crippen LogP contribution is 2.29. The number of anilines is 1. The number of aromatic nitrogens is 3. The van der Waals surface area contributed by atoms with Crippen LogP contribution in [0.4, 0.5) is 5.82 Å². The third kappa shape index (κ3) is 3.08. The van der Waals surface area contributed by atoms with Crippen molar-refractivity contribution in [2.45, 2.75) is 6.42 Å². The maximum Gasteiger partial charge on any atom is 0.343 e. The molecule has 2 heterocycles. The second kappa shape index (κ2) is 6.35. The van der Waals surface area contributed by atoms with Crippen LogP contribution in [0.3, 0.4) is 0 Å². The van der Waals surface area contributed by atoms with Crippen LogP contribution >= 0.6 is 0 Å². The van der Waals surface area contributed by atoms with Crippen molar-refractivity contribution in [1.29, 1.82) is 0 Å². The number of hydrogen-bond donors (Lipinski definition) is 2. The lowest BCUT2D eigenvalue weighted by Gasteiger charge is -2.04. The minimum atomic E-state index is -1.08. The van der Waals surface area contributed by atoms with Crippen molar-refractivity contribution in [3.63, 3.8) is 0 Å². The quantitative estimate of drug-likeness (QED) is 0.726. The molecule has 118 valence electrons. The fraction of sp³-hybridized carbons (Fsp3) is 0.188. The van der Waals surface area contributed by atoms with Gasteiger partial charge in [0, 0.05) is 38.0 Å². The predicted octanol–water partition coefficient (Wildman–Crippen LogP) is 2.43. The van der Waals surface area contributed by atoms with E-state index >= 15 is 0 Å². The zero-order chi connectivity index (χ0) is 16.2. The van der Waals surface area contributed by atoms with Crippen molar-refractivity contribution >= 4 is 11.8 Å². The fourth-order valence-corrected chi connectivity index (χ4v) is 2.33. The van der Waals surface area contributed by atoms with E-state index in [9.17, 15) is 9.90 Å². The summed E-state index contributed by atoms with van der Waals surface area (Å²) in [5, 5.41) is 16.3. The summed E-state index contributed by atoms with van der Waals surface area (Å²) in [7, 11) is 1.91. The maximum absolute atomic E-state index is 11.6. The van der Waals surface area contributed by atoms with E-state index < -0.39 is 5.97 Å². The molecule has 0 spiro atoms. The van der Waals surface area contributed by atoms with Gasteiger partial charge in [0.1, 0.15) is 5.82 Å². The van der Waals surface area contributed by atoms with Crippen molar-refractivity contribution in [2.75, 3.05) is 11.9 Å². The minimum absolute atomic E-state index is 0.0380. The molecule has 0 saturated heterocycles. The van der Waals surface area contributed by atoms with Gasteiger partial charge in [-0.1, -0.05) is 35.5 Å². The summed E-state index contributed by atoms with van der Waals surface area (Å²) in [5.74, 6) is 0.300. The smallest absolute Gasteiger partial charge is 0.343 e. The maximum atomic E-state index is 11.6. The molecule has 0 bridgehead atoms. The molecule has 2 N–H and O–H groups in total. The Morgan fingerprint density at radius 1 is 1.35 bits per heavy atom. The Balaban J connectivity index is 1.79. The molecule has 0 amide bonds. The van der Waals surface area contributed by atoms with Gasteiger partial charge < -0.3 is 19.5 Å². The number of aromatic carboxylic acids is 1. The Kier molecular flexibility index (Phi) is 4.09.